The quantitative estimate of drug-likeness (QED) is 0.882. The standard InChI is InChI=1S/C16H18N2O3S/c1-21-12-7-9-13(10-8-12)22(19,20)18-11-3-4-14-15(17)5-2-6-16(14)18/h2,5-10H,3-4,11,17H2,1H3. The number of rotatable bonds is 3. The second kappa shape index (κ2) is 5.53. The summed E-state index contributed by atoms with van der Waals surface area (Å²) < 4.78 is 32.3. The van der Waals surface area contributed by atoms with E-state index in [4.69, 9.17) is 10.5 Å². The number of anilines is 2. The maximum Gasteiger partial charge on any atom is 0.264 e. The SMILES string of the molecule is COc1ccc(S(=O)(=O)N2CCCc3c(N)cccc32)cc1. The number of sulfonamides is 1. The van der Waals surface area contributed by atoms with Crippen molar-refractivity contribution in [2.24, 2.45) is 0 Å². The van der Waals surface area contributed by atoms with Gasteiger partial charge in [-0.05, 0) is 54.8 Å². The molecule has 22 heavy (non-hydrogen) atoms. The molecule has 5 nitrogen and oxygen atoms in total. The van der Waals surface area contributed by atoms with Crippen LogP contribution in [0.25, 0.3) is 0 Å². The number of nitrogen functional groups attached to an aromatic ring is 1. The fraction of sp³-hybridized carbons (Fsp3) is 0.250. The van der Waals surface area contributed by atoms with Crippen LogP contribution in [0.3, 0.4) is 0 Å². The molecule has 0 amide bonds. The van der Waals surface area contributed by atoms with Gasteiger partial charge in [0.05, 0.1) is 17.7 Å². The number of hydrogen-bond donors (Lipinski definition) is 1. The summed E-state index contributed by atoms with van der Waals surface area (Å²) in [5.41, 5.74) is 8.22. The predicted molar refractivity (Wildman–Crippen MR) is 86.7 cm³/mol. The first kappa shape index (κ1) is 14.7. The Labute approximate surface area is 130 Å². The predicted octanol–water partition coefficient (Wildman–Crippen LogP) is 2.42. The Morgan fingerprint density at radius 2 is 1.86 bits per heavy atom. The van der Waals surface area contributed by atoms with Crippen molar-refractivity contribution in [1.29, 1.82) is 0 Å². The first-order valence-electron chi connectivity index (χ1n) is 7.08. The van der Waals surface area contributed by atoms with Crippen LogP contribution in [0.2, 0.25) is 0 Å². The zero-order valence-corrected chi connectivity index (χ0v) is 13.1. The molecule has 6 heteroatoms. The van der Waals surface area contributed by atoms with Gasteiger partial charge in [0.25, 0.3) is 10.0 Å². The van der Waals surface area contributed by atoms with E-state index in [0.29, 0.717) is 23.7 Å². The number of ether oxygens (including phenoxy) is 1. The van der Waals surface area contributed by atoms with Crippen molar-refractivity contribution in [3.05, 3.63) is 48.0 Å². The van der Waals surface area contributed by atoms with E-state index >= 15 is 0 Å². The molecule has 3 rings (SSSR count). The molecule has 0 radical (unpaired) electrons. The van der Waals surface area contributed by atoms with Crippen molar-refractivity contribution < 1.29 is 13.2 Å². The number of nitrogens with two attached hydrogens (primary N) is 1. The zero-order valence-electron chi connectivity index (χ0n) is 12.3. The minimum absolute atomic E-state index is 0.253. The lowest BCUT2D eigenvalue weighted by atomic mass is 10.0. The van der Waals surface area contributed by atoms with Crippen molar-refractivity contribution >= 4 is 21.4 Å². The third-order valence-corrected chi connectivity index (χ3v) is 5.72. The van der Waals surface area contributed by atoms with E-state index in [1.54, 1.807) is 37.4 Å². The highest BCUT2D eigenvalue weighted by molar-refractivity contribution is 7.92. The highest BCUT2D eigenvalue weighted by atomic mass is 32.2. The van der Waals surface area contributed by atoms with E-state index in [2.05, 4.69) is 0 Å². The van der Waals surface area contributed by atoms with Crippen LogP contribution in [0.4, 0.5) is 11.4 Å². The maximum absolute atomic E-state index is 12.9. The molecule has 0 aromatic heterocycles. The molecule has 2 aromatic rings. The molecule has 0 bridgehead atoms. The molecule has 0 saturated carbocycles. The van der Waals surface area contributed by atoms with Gasteiger partial charge in [0.15, 0.2) is 0 Å². The first-order valence-corrected chi connectivity index (χ1v) is 8.52. The van der Waals surface area contributed by atoms with Crippen LogP contribution < -0.4 is 14.8 Å². The molecule has 1 heterocycles. The van der Waals surface area contributed by atoms with Gasteiger partial charge in [-0.2, -0.15) is 0 Å². The van der Waals surface area contributed by atoms with Gasteiger partial charge in [-0.15, -0.1) is 0 Å². The fourth-order valence-corrected chi connectivity index (χ4v) is 4.28. The number of fused-ring (bicyclic) bond motifs is 1. The third-order valence-electron chi connectivity index (χ3n) is 3.89. The molecular formula is C16H18N2O3S. The Morgan fingerprint density at radius 3 is 2.55 bits per heavy atom. The minimum Gasteiger partial charge on any atom is -0.497 e. The summed E-state index contributed by atoms with van der Waals surface area (Å²) in [6.07, 6.45) is 1.56. The average Bonchev–Trinajstić information content (AvgIpc) is 2.55. The number of nitrogens with zero attached hydrogens (tertiary/aromatic N) is 1. The topological polar surface area (TPSA) is 72.6 Å². The van der Waals surface area contributed by atoms with Gasteiger partial charge < -0.3 is 10.5 Å². The molecule has 1 aliphatic heterocycles. The summed E-state index contributed by atoms with van der Waals surface area (Å²) >= 11 is 0. The Hall–Kier alpha value is -2.21. The zero-order chi connectivity index (χ0) is 15.7. The van der Waals surface area contributed by atoms with Gasteiger partial charge in [-0.25, -0.2) is 8.42 Å². The van der Waals surface area contributed by atoms with Crippen LogP contribution >= 0.6 is 0 Å². The smallest absolute Gasteiger partial charge is 0.264 e. The second-order valence-corrected chi connectivity index (χ2v) is 7.06. The third kappa shape index (κ3) is 2.39. The van der Waals surface area contributed by atoms with Crippen molar-refractivity contribution in [2.45, 2.75) is 17.7 Å². The van der Waals surface area contributed by atoms with Crippen LogP contribution in [-0.4, -0.2) is 22.1 Å². The van der Waals surface area contributed by atoms with Crippen LogP contribution in [0.1, 0.15) is 12.0 Å². The largest absolute Gasteiger partial charge is 0.497 e. The molecule has 0 atom stereocenters. The summed E-state index contributed by atoms with van der Waals surface area (Å²) in [6.45, 7) is 0.463. The first-order chi connectivity index (χ1) is 10.5. The lowest BCUT2D eigenvalue weighted by Crippen LogP contribution is -2.35. The maximum atomic E-state index is 12.9. The molecule has 0 spiro atoms. The Morgan fingerprint density at radius 1 is 1.14 bits per heavy atom. The van der Waals surface area contributed by atoms with Crippen molar-refractivity contribution in [3.8, 4) is 5.75 Å². The van der Waals surface area contributed by atoms with E-state index in [1.807, 2.05) is 12.1 Å². The summed E-state index contributed by atoms with van der Waals surface area (Å²) in [7, 11) is -2.05. The molecule has 116 valence electrons. The Kier molecular flexibility index (Phi) is 3.70. The van der Waals surface area contributed by atoms with Crippen LogP contribution in [-0.2, 0) is 16.4 Å². The van der Waals surface area contributed by atoms with Gasteiger partial charge in [-0.1, -0.05) is 6.07 Å². The van der Waals surface area contributed by atoms with Gasteiger partial charge in [0.2, 0.25) is 0 Å². The molecule has 0 saturated heterocycles. The molecule has 2 N–H and O–H groups in total. The van der Waals surface area contributed by atoms with Crippen molar-refractivity contribution in [3.63, 3.8) is 0 Å². The second-order valence-electron chi connectivity index (χ2n) is 5.20. The normalized spacial score (nSPS) is 14.5. The molecule has 0 unspecified atom stereocenters. The number of benzene rings is 2. The highest BCUT2D eigenvalue weighted by Crippen LogP contribution is 2.35. The van der Waals surface area contributed by atoms with Gasteiger partial charge in [-0.3, -0.25) is 4.31 Å². The lowest BCUT2D eigenvalue weighted by molar-refractivity contribution is 0.414. The van der Waals surface area contributed by atoms with E-state index in [1.165, 1.54) is 4.31 Å². The summed E-state index contributed by atoms with van der Waals surface area (Å²) in [6, 6.07) is 11.8. The molecule has 1 aliphatic rings. The summed E-state index contributed by atoms with van der Waals surface area (Å²) in [4.78, 5) is 0.253. The molecule has 0 fully saturated rings. The molecule has 0 aliphatic carbocycles. The van der Waals surface area contributed by atoms with Gasteiger partial charge in [0.1, 0.15) is 5.75 Å². The van der Waals surface area contributed by atoms with Crippen LogP contribution in [0, 0.1) is 0 Å². The van der Waals surface area contributed by atoms with Gasteiger partial charge >= 0.3 is 0 Å². The number of methoxy groups -OCH3 is 1. The summed E-state index contributed by atoms with van der Waals surface area (Å²) in [5, 5.41) is 0. The molecular weight excluding hydrogens is 300 g/mol. The van der Waals surface area contributed by atoms with Crippen molar-refractivity contribution in [1.82, 2.24) is 0 Å². The van der Waals surface area contributed by atoms with Crippen LogP contribution in [0.5, 0.6) is 5.75 Å². The van der Waals surface area contributed by atoms with Crippen LogP contribution in [0.15, 0.2) is 47.4 Å². The van der Waals surface area contributed by atoms with E-state index in [9.17, 15) is 8.42 Å². The minimum atomic E-state index is -3.59. The highest BCUT2D eigenvalue weighted by Gasteiger charge is 2.29. The van der Waals surface area contributed by atoms with E-state index in [-0.39, 0.29) is 4.90 Å². The fourth-order valence-electron chi connectivity index (χ4n) is 2.74. The Bertz CT molecular complexity index is 786. The van der Waals surface area contributed by atoms with E-state index in [0.717, 1.165) is 18.4 Å². The Balaban J connectivity index is 2.05. The summed E-state index contributed by atoms with van der Waals surface area (Å²) in [5.74, 6) is 0.627. The lowest BCUT2D eigenvalue weighted by Gasteiger charge is -2.31. The monoisotopic (exact) mass is 318 g/mol. The average molecular weight is 318 g/mol. The number of hydrogen-bond acceptors (Lipinski definition) is 4. The van der Waals surface area contributed by atoms with Gasteiger partial charge in [0, 0.05) is 12.2 Å². The van der Waals surface area contributed by atoms with E-state index < -0.39 is 10.0 Å². The molecule has 2 aromatic carbocycles. The van der Waals surface area contributed by atoms with Crippen molar-refractivity contribution in [2.75, 3.05) is 23.7 Å².